The van der Waals surface area contributed by atoms with Gasteiger partial charge in [-0.05, 0) is 37.1 Å². The number of anilines is 1. The van der Waals surface area contributed by atoms with E-state index in [1.165, 1.54) is 0 Å². The number of Topliss-reactive ketones (excluding diaryl/α,β-unsaturated/α-hetero) is 2. The maximum Gasteiger partial charge on any atom is 0.255 e. The number of halogens is 1. The average Bonchev–Trinajstić information content (AvgIpc) is 2.81. The number of hydrogen-bond acceptors (Lipinski definition) is 9. The molecule has 4 rings (SSSR count). The molecule has 0 radical (unpaired) electrons. The second-order valence-corrected chi connectivity index (χ2v) is 11.6. The number of rotatable bonds is 6. The van der Waals surface area contributed by atoms with Crippen molar-refractivity contribution in [2.75, 3.05) is 18.4 Å². The highest BCUT2D eigenvalue weighted by Gasteiger charge is 2.59. The molecule has 2 amide bonds. The van der Waals surface area contributed by atoms with Crippen molar-refractivity contribution in [3.63, 3.8) is 0 Å². The molecule has 1 aromatic carbocycles. The van der Waals surface area contributed by atoms with Crippen LogP contribution in [0.2, 0.25) is 0 Å². The first kappa shape index (κ1) is 28.2. The quantitative estimate of drug-likeness (QED) is 0.158. The SMILES string of the molecule is CC(C)(C)CCNCC(=O)Nc1cc(F)c2c(c1O)C(=O)C1=C(O)[C@]3(O)C(=O)C(C(N)=O)=C(O)C[C@@H]3CC1C2. The summed E-state index contributed by atoms with van der Waals surface area (Å²) >= 11 is 0. The Morgan fingerprint density at radius 3 is 2.46 bits per heavy atom. The molecule has 0 saturated carbocycles. The van der Waals surface area contributed by atoms with Gasteiger partial charge in [-0.25, -0.2) is 4.39 Å². The number of fused-ring (bicyclic) bond motifs is 3. The number of benzene rings is 1. The summed E-state index contributed by atoms with van der Waals surface area (Å²) < 4.78 is 15.2. The number of aromatic hydroxyl groups is 1. The fraction of sp³-hybridized carbons (Fsp3) is 0.481. The van der Waals surface area contributed by atoms with Crippen molar-refractivity contribution in [2.45, 2.75) is 52.1 Å². The molecule has 0 spiro atoms. The number of nitrogens with one attached hydrogen (secondary N) is 2. The number of aliphatic hydroxyl groups excluding tert-OH is 2. The molecular weight excluding hydrogens is 513 g/mol. The third-order valence-electron chi connectivity index (χ3n) is 7.62. The van der Waals surface area contributed by atoms with E-state index in [0.29, 0.717) is 6.54 Å². The Balaban J connectivity index is 1.67. The van der Waals surface area contributed by atoms with Gasteiger partial charge in [-0.1, -0.05) is 20.8 Å². The van der Waals surface area contributed by atoms with E-state index >= 15 is 4.39 Å². The summed E-state index contributed by atoms with van der Waals surface area (Å²) in [5.74, 6) is -9.51. The lowest BCUT2D eigenvalue weighted by Crippen LogP contribution is -2.57. The standard InChI is InChI=1S/C27H32FN3O8/c1-26(2,3)4-5-30-10-17(33)31-15-9-14(28)13-7-11-6-12-8-16(32)20(25(29)38)24(37)27(12,39)23(36)18(11)22(35)19(13)21(15)34/h9,11-12,30,32,34,36,39H,4-8,10H2,1-3H3,(H2,29,38)(H,31,33)/t11?,12-,27-/m0/s1. The number of hydrogen-bond donors (Lipinski definition) is 7. The van der Waals surface area contributed by atoms with Gasteiger partial charge in [-0.2, -0.15) is 0 Å². The van der Waals surface area contributed by atoms with Crippen molar-refractivity contribution in [1.82, 2.24) is 5.32 Å². The number of carbonyl (C=O) groups is 4. The zero-order chi connectivity index (χ0) is 29.0. The first-order valence-corrected chi connectivity index (χ1v) is 12.6. The Morgan fingerprint density at radius 2 is 1.85 bits per heavy atom. The molecule has 8 N–H and O–H groups in total. The molecule has 3 aliphatic carbocycles. The number of aliphatic hydroxyl groups is 3. The maximum atomic E-state index is 15.2. The van der Waals surface area contributed by atoms with Crippen molar-refractivity contribution < 1.29 is 44.0 Å². The first-order valence-electron chi connectivity index (χ1n) is 12.6. The van der Waals surface area contributed by atoms with E-state index in [2.05, 4.69) is 10.6 Å². The summed E-state index contributed by atoms with van der Waals surface area (Å²) in [5, 5.41) is 48.7. The van der Waals surface area contributed by atoms with Crippen LogP contribution in [-0.4, -0.2) is 62.5 Å². The normalized spacial score (nSPS) is 24.7. The number of nitrogens with two attached hydrogens (primary N) is 1. The number of phenolic OH excluding ortho intramolecular Hbond substituents is 1. The predicted octanol–water partition coefficient (Wildman–Crippen LogP) is 1.68. The van der Waals surface area contributed by atoms with Crippen molar-refractivity contribution in [2.24, 2.45) is 23.0 Å². The van der Waals surface area contributed by atoms with Gasteiger partial charge in [0.15, 0.2) is 17.1 Å². The van der Waals surface area contributed by atoms with Crippen LogP contribution in [0.4, 0.5) is 10.1 Å². The highest BCUT2D eigenvalue weighted by atomic mass is 19.1. The Hall–Kier alpha value is -3.77. The molecule has 0 bridgehead atoms. The largest absolute Gasteiger partial charge is 0.511 e. The zero-order valence-corrected chi connectivity index (χ0v) is 21.9. The fourth-order valence-corrected chi connectivity index (χ4v) is 5.60. The number of primary amides is 1. The molecule has 0 aromatic heterocycles. The molecule has 0 saturated heterocycles. The van der Waals surface area contributed by atoms with Crippen LogP contribution < -0.4 is 16.4 Å². The fourth-order valence-electron chi connectivity index (χ4n) is 5.60. The summed E-state index contributed by atoms with van der Waals surface area (Å²) in [7, 11) is 0. The molecule has 0 heterocycles. The lowest BCUT2D eigenvalue weighted by molar-refractivity contribution is -0.144. The van der Waals surface area contributed by atoms with Gasteiger partial charge in [-0.15, -0.1) is 0 Å². The van der Waals surface area contributed by atoms with Crippen LogP contribution in [0.3, 0.4) is 0 Å². The van der Waals surface area contributed by atoms with Gasteiger partial charge in [0.25, 0.3) is 5.91 Å². The average molecular weight is 546 g/mol. The highest BCUT2D eigenvalue weighted by Crippen LogP contribution is 2.52. The Bertz CT molecular complexity index is 1360. The van der Waals surface area contributed by atoms with Gasteiger partial charge in [0.2, 0.25) is 11.7 Å². The van der Waals surface area contributed by atoms with Gasteiger partial charge in [0.05, 0.1) is 17.8 Å². The minimum absolute atomic E-state index is 0.0500. The molecule has 0 aliphatic heterocycles. The van der Waals surface area contributed by atoms with Crippen LogP contribution in [0.1, 0.15) is 56.0 Å². The van der Waals surface area contributed by atoms with Gasteiger partial charge < -0.3 is 36.8 Å². The van der Waals surface area contributed by atoms with Gasteiger partial charge in [0, 0.05) is 29.5 Å². The molecular formula is C27H32FN3O8. The molecule has 1 aromatic rings. The van der Waals surface area contributed by atoms with E-state index in [1.807, 2.05) is 20.8 Å². The van der Waals surface area contributed by atoms with E-state index in [4.69, 9.17) is 5.73 Å². The molecule has 11 nitrogen and oxygen atoms in total. The summed E-state index contributed by atoms with van der Waals surface area (Å²) in [6, 6.07) is 0.903. The van der Waals surface area contributed by atoms with Gasteiger partial charge >= 0.3 is 0 Å². The molecule has 3 atom stereocenters. The second kappa shape index (κ2) is 9.76. The van der Waals surface area contributed by atoms with Crippen LogP contribution in [-0.2, 0) is 20.8 Å². The van der Waals surface area contributed by atoms with Crippen molar-refractivity contribution in [3.8, 4) is 5.75 Å². The smallest absolute Gasteiger partial charge is 0.255 e. The Labute approximate surface area is 223 Å². The Morgan fingerprint density at radius 1 is 1.18 bits per heavy atom. The van der Waals surface area contributed by atoms with Crippen LogP contribution >= 0.6 is 0 Å². The third kappa shape index (κ3) is 4.78. The monoisotopic (exact) mass is 545 g/mol. The molecule has 39 heavy (non-hydrogen) atoms. The van der Waals surface area contributed by atoms with E-state index < -0.39 is 80.6 Å². The zero-order valence-electron chi connectivity index (χ0n) is 21.9. The van der Waals surface area contributed by atoms with E-state index in [-0.39, 0.29) is 42.5 Å². The first-order chi connectivity index (χ1) is 18.1. The number of phenols is 1. The number of amides is 2. The van der Waals surface area contributed by atoms with Crippen molar-refractivity contribution in [1.29, 1.82) is 0 Å². The van der Waals surface area contributed by atoms with E-state index in [1.54, 1.807) is 0 Å². The number of carbonyl (C=O) groups excluding carboxylic acids is 4. The van der Waals surface area contributed by atoms with Crippen LogP contribution in [0, 0.1) is 23.1 Å². The van der Waals surface area contributed by atoms with Crippen molar-refractivity contribution >= 4 is 29.1 Å². The maximum absolute atomic E-state index is 15.2. The molecule has 0 fully saturated rings. The van der Waals surface area contributed by atoms with Crippen LogP contribution in [0.5, 0.6) is 5.75 Å². The summed E-state index contributed by atoms with van der Waals surface area (Å²) in [5.41, 5.74) is 0.209. The third-order valence-corrected chi connectivity index (χ3v) is 7.62. The Kier molecular flexibility index (Phi) is 7.07. The number of allylic oxidation sites excluding steroid dienone is 2. The van der Waals surface area contributed by atoms with E-state index in [9.17, 15) is 39.6 Å². The highest BCUT2D eigenvalue weighted by molar-refractivity contribution is 6.24. The molecule has 210 valence electrons. The van der Waals surface area contributed by atoms with Gasteiger partial charge in [-0.3, -0.25) is 19.2 Å². The summed E-state index contributed by atoms with van der Waals surface area (Å²) in [4.78, 5) is 50.7. The topological polar surface area (TPSA) is 199 Å². The summed E-state index contributed by atoms with van der Waals surface area (Å²) in [6.45, 7) is 6.55. The number of ketones is 2. The molecule has 1 unspecified atom stereocenters. The minimum Gasteiger partial charge on any atom is -0.511 e. The lowest BCUT2D eigenvalue weighted by atomic mass is 9.60. The molecule has 12 heteroatoms. The van der Waals surface area contributed by atoms with Crippen LogP contribution in [0.25, 0.3) is 0 Å². The van der Waals surface area contributed by atoms with Crippen LogP contribution in [0.15, 0.2) is 28.7 Å². The second-order valence-electron chi connectivity index (χ2n) is 11.6. The minimum atomic E-state index is -2.71. The van der Waals surface area contributed by atoms with Crippen molar-refractivity contribution in [3.05, 3.63) is 45.7 Å². The summed E-state index contributed by atoms with van der Waals surface area (Å²) in [6.07, 6.45) is 0.134. The predicted molar refractivity (Wildman–Crippen MR) is 136 cm³/mol. The van der Waals surface area contributed by atoms with E-state index in [0.717, 1.165) is 12.5 Å². The lowest BCUT2D eigenvalue weighted by Gasteiger charge is -2.45. The van der Waals surface area contributed by atoms with Gasteiger partial charge in [0.1, 0.15) is 22.9 Å². The molecule has 3 aliphatic rings.